The molecule has 0 saturated carbocycles. The van der Waals surface area contributed by atoms with Gasteiger partial charge in [-0.2, -0.15) is 5.26 Å². The number of nitriles is 1. The van der Waals surface area contributed by atoms with E-state index in [1.165, 1.54) is 11.5 Å². The first-order valence-electron chi connectivity index (χ1n) is 12.1. The number of benzene rings is 4. The highest BCUT2D eigenvalue weighted by atomic mass is 16.5. The minimum atomic E-state index is -0.499. The predicted octanol–water partition coefficient (Wildman–Crippen LogP) is 6.76. The normalized spacial score (nSPS) is 11.0. The predicted molar refractivity (Wildman–Crippen MR) is 146 cm³/mol. The zero-order chi connectivity index (χ0) is 26.0. The van der Waals surface area contributed by atoms with Crippen LogP contribution in [-0.2, 0) is 11.4 Å². The van der Waals surface area contributed by atoms with Gasteiger partial charge in [-0.1, -0.05) is 42.5 Å². The molecule has 0 aliphatic carbocycles. The van der Waals surface area contributed by atoms with Crippen LogP contribution in [0.1, 0.15) is 25.0 Å². The van der Waals surface area contributed by atoms with E-state index in [1.54, 1.807) is 42.5 Å². The lowest BCUT2D eigenvalue weighted by Gasteiger charge is -2.13. The SMILES string of the molecule is CCOc1ccc(NC(=O)/C(C#N)=C\c2ccc(OCc3ccc4ccccc4c3)c(OCC)c2)cc1. The summed E-state index contributed by atoms with van der Waals surface area (Å²) in [6, 6.07) is 28.7. The Balaban J connectivity index is 1.48. The zero-order valence-electron chi connectivity index (χ0n) is 20.9. The summed E-state index contributed by atoms with van der Waals surface area (Å²) in [5, 5.41) is 14.7. The number of nitrogens with zero attached hydrogens (tertiary/aromatic N) is 1. The van der Waals surface area contributed by atoms with Crippen LogP contribution in [0, 0.1) is 11.3 Å². The van der Waals surface area contributed by atoms with E-state index in [0.29, 0.717) is 48.3 Å². The van der Waals surface area contributed by atoms with Crippen molar-refractivity contribution in [3.8, 4) is 23.3 Å². The first kappa shape index (κ1) is 25.3. The highest BCUT2D eigenvalue weighted by Crippen LogP contribution is 2.30. The second kappa shape index (κ2) is 12.3. The molecule has 0 heterocycles. The summed E-state index contributed by atoms with van der Waals surface area (Å²) in [6.45, 7) is 5.18. The van der Waals surface area contributed by atoms with Gasteiger partial charge in [-0.05, 0) is 84.3 Å². The lowest BCUT2D eigenvalue weighted by atomic mass is 10.1. The van der Waals surface area contributed by atoms with Crippen molar-refractivity contribution in [2.75, 3.05) is 18.5 Å². The number of carbonyl (C=O) groups excluding carboxylic acids is 1. The molecule has 37 heavy (non-hydrogen) atoms. The molecule has 6 heteroatoms. The largest absolute Gasteiger partial charge is 0.494 e. The third-order valence-electron chi connectivity index (χ3n) is 5.58. The van der Waals surface area contributed by atoms with Crippen molar-refractivity contribution >= 4 is 28.4 Å². The Morgan fingerprint density at radius 3 is 2.32 bits per heavy atom. The summed E-state index contributed by atoms with van der Waals surface area (Å²) in [5.41, 5.74) is 2.24. The molecule has 0 aliphatic heterocycles. The monoisotopic (exact) mass is 492 g/mol. The van der Waals surface area contributed by atoms with Crippen LogP contribution in [0.5, 0.6) is 17.2 Å². The number of ether oxygens (including phenoxy) is 3. The van der Waals surface area contributed by atoms with Crippen LogP contribution in [0.25, 0.3) is 16.8 Å². The summed E-state index contributed by atoms with van der Waals surface area (Å²) < 4.78 is 17.3. The zero-order valence-corrected chi connectivity index (χ0v) is 20.9. The summed E-state index contributed by atoms with van der Waals surface area (Å²) in [4.78, 5) is 12.7. The molecule has 0 aliphatic rings. The smallest absolute Gasteiger partial charge is 0.266 e. The van der Waals surface area contributed by atoms with Crippen LogP contribution in [0.3, 0.4) is 0 Å². The number of rotatable bonds is 10. The molecule has 4 rings (SSSR count). The Morgan fingerprint density at radius 2 is 1.59 bits per heavy atom. The molecule has 4 aromatic rings. The van der Waals surface area contributed by atoms with E-state index in [-0.39, 0.29) is 5.57 Å². The molecule has 6 nitrogen and oxygen atoms in total. The molecule has 0 spiro atoms. The topological polar surface area (TPSA) is 80.6 Å². The average molecular weight is 493 g/mol. The van der Waals surface area contributed by atoms with Gasteiger partial charge in [-0.3, -0.25) is 4.79 Å². The number of carbonyl (C=O) groups is 1. The Bertz CT molecular complexity index is 1450. The highest BCUT2D eigenvalue weighted by Gasteiger charge is 2.12. The molecule has 1 amide bonds. The van der Waals surface area contributed by atoms with Crippen molar-refractivity contribution in [1.29, 1.82) is 5.26 Å². The van der Waals surface area contributed by atoms with Gasteiger partial charge >= 0.3 is 0 Å². The van der Waals surface area contributed by atoms with E-state index >= 15 is 0 Å². The van der Waals surface area contributed by atoms with Crippen molar-refractivity contribution < 1.29 is 19.0 Å². The van der Waals surface area contributed by atoms with Gasteiger partial charge in [0.1, 0.15) is 24.0 Å². The number of hydrogen-bond acceptors (Lipinski definition) is 5. The minimum Gasteiger partial charge on any atom is -0.494 e. The van der Waals surface area contributed by atoms with Gasteiger partial charge in [-0.15, -0.1) is 0 Å². The third kappa shape index (κ3) is 6.68. The highest BCUT2D eigenvalue weighted by molar-refractivity contribution is 6.09. The molecule has 0 radical (unpaired) electrons. The van der Waals surface area contributed by atoms with E-state index < -0.39 is 5.91 Å². The maximum atomic E-state index is 12.7. The van der Waals surface area contributed by atoms with Gasteiger partial charge in [-0.25, -0.2) is 0 Å². The molecule has 0 bridgehead atoms. The van der Waals surface area contributed by atoms with Crippen molar-refractivity contribution in [3.63, 3.8) is 0 Å². The van der Waals surface area contributed by atoms with Crippen molar-refractivity contribution in [2.45, 2.75) is 20.5 Å². The van der Waals surface area contributed by atoms with Crippen molar-refractivity contribution in [1.82, 2.24) is 0 Å². The lowest BCUT2D eigenvalue weighted by molar-refractivity contribution is -0.112. The molecule has 0 aromatic heterocycles. The summed E-state index contributed by atoms with van der Waals surface area (Å²) in [7, 11) is 0. The van der Waals surface area contributed by atoms with Gasteiger partial charge in [0, 0.05) is 5.69 Å². The van der Waals surface area contributed by atoms with Crippen LogP contribution < -0.4 is 19.5 Å². The van der Waals surface area contributed by atoms with Crippen LogP contribution in [0.15, 0.2) is 90.5 Å². The Labute approximate surface area is 216 Å². The summed E-state index contributed by atoms with van der Waals surface area (Å²) in [6.07, 6.45) is 1.53. The van der Waals surface area contributed by atoms with Gasteiger partial charge in [0.2, 0.25) is 0 Å². The Kier molecular flexibility index (Phi) is 8.41. The number of anilines is 1. The summed E-state index contributed by atoms with van der Waals surface area (Å²) >= 11 is 0. The number of amides is 1. The van der Waals surface area contributed by atoms with Crippen molar-refractivity contribution in [3.05, 3.63) is 102 Å². The van der Waals surface area contributed by atoms with Crippen LogP contribution in [0.4, 0.5) is 5.69 Å². The first-order chi connectivity index (χ1) is 18.1. The van der Waals surface area contributed by atoms with Gasteiger partial charge in [0.05, 0.1) is 13.2 Å². The fraction of sp³-hybridized carbons (Fsp3) is 0.161. The second-order valence-corrected chi connectivity index (χ2v) is 8.19. The molecule has 0 unspecified atom stereocenters. The Morgan fingerprint density at radius 1 is 0.838 bits per heavy atom. The molecule has 0 fully saturated rings. The number of nitrogens with one attached hydrogen (secondary N) is 1. The quantitative estimate of drug-likeness (QED) is 0.195. The van der Waals surface area contributed by atoms with Gasteiger partial charge in [0.15, 0.2) is 11.5 Å². The molecular formula is C31H28N2O4. The van der Waals surface area contributed by atoms with E-state index in [4.69, 9.17) is 14.2 Å². The maximum Gasteiger partial charge on any atom is 0.266 e. The van der Waals surface area contributed by atoms with Crippen molar-refractivity contribution in [2.24, 2.45) is 0 Å². The van der Waals surface area contributed by atoms with E-state index in [2.05, 4.69) is 29.6 Å². The third-order valence-corrected chi connectivity index (χ3v) is 5.58. The molecule has 1 N–H and O–H groups in total. The van der Waals surface area contributed by atoms with E-state index in [9.17, 15) is 10.1 Å². The number of fused-ring (bicyclic) bond motifs is 1. The molecule has 186 valence electrons. The molecule has 4 aromatic carbocycles. The Hall–Kier alpha value is -4.76. The molecule has 0 atom stereocenters. The standard InChI is InChI=1S/C31H28N2O4/c1-3-35-28-14-12-27(13-15-28)33-31(34)26(20-32)17-22-10-16-29(30(19-22)36-4-2)37-21-23-9-11-24-7-5-6-8-25(24)18-23/h5-19H,3-4,21H2,1-2H3,(H,33,34)/b26-17-. The molecular weight excluding hydrogens is 464 g/mol. The number of hydrogen-bond donors (Lipinski definition) is 1. The first-order valence-corrected chi connectivity index (χ1v) is 12.1. The molecule has 0 saturated heterocycles. The van der Waals surface area contributed by atoms with Crippen LogP contribution in [0.2, 0.25) is 0 Å². The fourth-order valence-electron chi connectivity index (χ4n) is 3.81. The minimum absolute atomic E-state index is 0.0267. The second-order valence-electron chi connectivity index (χ2n) is 8.19. The lowest BCUT2D eigenvalue weighted by Crippen LogP contribution is -2.13. The van der Waals surface area contributed by atoms with Gasteiger partial charge < -0.3 is 19.5 Å². The van der Waals surface area contributed by atoms with Crippen LogP contribution in [-0.4, -0.2) is 19.1 Å². The fourth-order valence-corrected chi connectivity index (χ4v) is 3.81. The average Bonchev–Trinajstić information content (AvgIpc) is 2.92. The van der Waals surface area contributed by atoms with Gasteiger partial charge in [0.25, 0.3) is 5.91 Å². The maximum absolute atomic E-state index is 12.7. The van der Waals surface area contributed by atoms with E-state index in [0.717, 1.165) is 10.9 Å². The van der Waals surface area contributed by atoms with E-state index in [1.807, 2.05) is 38.1 Å². The summed E-state index contributed by atoms with van der Waals surface area (Å²) in [5.74, 6) is 1.34. The van der Waals surface area contributed by atoms with Crippen LogP contribution >= 0.6 is 0 Å².